The molecule has 6 heteroatoms. The molecule has 126 valence electrons. The van der Waals surface area contributed by atoms with E-state index in [4.69, 9.17) is 10.5 Å². The monoisotopic (exact) mass is 325 g/mol. The van der Waals surface area contributed by atoms with Gasteiger partial charge < -0.3 is 20.7 Å². The Balaban J connectivity index is 1.85. The smallest absolute Gasteiger partial charge is 0.222 e. The molecule has 1 aromatic heterocycles. The molecule has 2 aliphatic heterocycles. The van der Waals surface area contributed by atoms with Crippen LogP contribution in [0.25, 0.3) is 11.3 Å². The second-order valence-corrected chi connectivity index (χ2v) is 6.55. The van der Waals surface area contributed by atoms with Crippen molar-refractivity contribution in [2.24, 2.45) is 0 Å². The first-order chi connectivity index (χ1) is 11.7. The van der Waals surface area contributed by atoms with Crippen molar-refractivity contribution in [3.8, 4) is 17.0 Å². The first-order valence-electron chi connectivity index (χ1n) is 8.48. The van der Waals surface area contributed by atoms with Gasteiger partial charge in [0.25, 0.3) is 0 Å². The molecule has 1 atom stereocenters. The van der Waals surface area contributed by atoms with E-state index < -0.39 is 0 Å². The van der Waals surface area contributed by atoms with Crippen LogP contribution in [0, 0.1) is 6.92 Å². The Hall–Kier alpha value is -2.34. The number of hydrogen-bond donors (Lipinski definition) is 2. The second kappa shape index (κ2) is 5.94. The summed E-state index contributed by atoms with van der Waals surface area (Å²) in [4.78, 5) is 11.5. The van der Waals surface area contributed by atoms with Crippen molar-refractivity contribution in [1.29, 1.82) is 0 Å². The molecule has 1 saturated heterocycles. The summed E-state index contributed by atoms with van der Waals surface area (Å²) < 4.78 is 5.95. The SMILES string of the molecule is CN[C@@H]1CCN(c2nc(N)nc3c2CCOc2ccc(C)cc2-3)C1. The molecule has 0 aliphatic carbocycles. The van der Waals surface area contributed by atoms with E-state index in [0.29, 0.717) is 18.6 Å². The Labute approximate surface area is 142 Å². The first-order valence-corrected chi connectivity index (χ1v) is 8.48. The molecular weight excluding hydrogens is 302 g/mol. The van der Waals surface area contributed by atoms with Gasteiger partial charge in [-0.15, -0.1) is 0 Å². The van der Waals surface area contributed by atoms with Crippen LogP contribution in [0.15, 0.2) is 18.2 Å². The zero-order valence-corrected chi connectivity index (χ0v) is 14.2. The maximum Gasteiger partial charge on any atom is 0.222 e. The molecule has 3 N–H and O–H groups in total. The number of fused-ring (bicyclic) bond motifs is 3. The van der Waals surface area contributed by atoms with Gasteiger partial charge >= 0.3 is 0 Å². The second-order valence-electron chi connectivity index (χ2n) is 6.55. The number of rotatable bonds is 2. The molecule has 3 heterocycles. The van der Waals surface area contributed by atoms with Crippen molar-refractivity contribution in [3.63, 3.8) is 0 Å². The summed E-state index contributed by atoms with van der Waals surface area (Å²) in [6.45, 7) is 4.64. The lowest BCUT2D eigenvalue weighted by Crippen LogP contribution is -2.30. The van der Waals surface area contributed by atoms with E-state index in [1.54, 1.807) is 0 Å². The molecule has 0 radical (unpaired) electrons. The minimum absolute atomic E-state index is 0.325. The van der Waals surface area contributed by atoms with Crippen LogP contribution in [0.2, 0.25) is 0 Å². The number of aryl methyl sites for hydroxylation is 1. The van der Waals surface area contributed by atoms with Gasteiger partial charge in [-0.25, -0.2) is 4.98 Å². The predicted molar refractivity (Wildman–Crippen MR) is 95.5 cm³/mol. The van der Waals surface area contributed by atoms with Gasteiger partial charge in [0.2, 0.25) is 5.95 Å². The Morgan fingerprint density at radius 2 is 2.21 bits per heavy atom. The Morgan fingerprint density at radius 3 is 3.00 bits per heavy atom. The molecule has 1 fully saturated rings. The van der Waals surface area contributed by atoms with E-state index in [1.807, 2.05) is 13.1 Å². The highest BCUT2D eigenvalue weighted by molar-refractivity contribution is 5.76. The lowest BCUT2D eigenvalue weighted by atomic mass is 10.0. The number of benzene rings is 1. The van der Waals surface area contributed by atoms with E-state index in [0.717, 1.165) is 54.3 Å². The molecule has 2 aromatic rings. The third-order valence-electron chi connectivity index (χ3n) is 4.90. The average Bonchev–Trinajstić information content (AvgIpc) is 2.98. The normalized spacial score (nSPS) is 19.4. The Morgan fingerprint density at radius 1 is 1.33 bits per heavy atom. The lowest BCUT2D eigenvalue weighted by molar-refractivity contribution is 0.326. The fourth-order valence-electron chi connectivity index (χ4n) is 3.61. The summed E-state index contributed by atoms with van der Waals surface area (Å²) in [6.07, 6.45) is 1.90. The van der Waals surface area contributed by atoms with Crippen molar-refractivity contribution in [2.75, 3.05) is 37.4 Å². The van der Waals surface area contributed by atoms with Gasteiger partial charge in [0.05, 0.1) is 12.3 Å². The van der Waals surface area contributed by atoms with Gasteiger partial charge in [0.1, 0.15) is 11.6 Å². The molecule has 0 unspecified atom stereocenters. The fourth-order valence-corrected chi connectivity index (χ4v) is 3.61. The highest BCUT2D eigenvalue weighted by atomic mass is 16.5. The Kier molecular flexibility index (Phi) is 3.76. The third kappa shape index (κ3) is 2.57. The number of anilines is 2. The van der Waals surface area contributed by atoms with E-state index in [-0.39, 0.29) is 0 Å². The van der Waals surface area contributed by atoms with Gasteiger partial charge in [0, 0.05) is 36.7 Å². The molecule has 6 nitrogen and oxygen atoms in total. The molecule has 4 rings (SSSR count). The van der Waals surface area contributed by atoms with Crippen molar-refractivity contribution in [2.45, 2.75) is 25.8 Å². The van der Waals surface area contributed by atoms with Crippen LogP contribution in [0.3, 0.4) is 0 Å². The largest absolute Gasteiger partial charge is 0.493 e. The number of nitrogens with one attached hydrogen (secondary N) is 1. The molecule has 0 amide bonds. The summed E-state index contributed by atoms with van der Waals surface area (Å²) in [7, 11) is 2.01. The topological polar surface area (TPSA) is 76.3 Å². The summed E-state index contributed by atoms with van der Waals surface area (Å²) in [5.74, 6) is 2.16. The molecule has 0 saturated carbocycles. The molecule has 2 aliphatic rings. The number of nitrogens with zero attached hydrogens (tertiary/aromatic N) is 3. The van der Waals surface area contributed by atoms with Crippen LogP contribution in [-0.2, 0) is 6.42 Å². The van der Waals surface area contributed by atoms with Crippen LogP contribution in [0.4, 0.5) is 11.8 Å². The molecule has 0 bridgehead atoms. The standard InChI is InChI=1S/C18H23N5O/c1-11-3-4-15-14(9-11)16-13(6-8-24-15)17(22-18(19)21-16)23-7-5-12(10-23)20-2/h3-4,9,12,20H,5-8,10H2,1-2H3,(H2,19,21,22)/t12-/m1/s1. The van der Waals surface area contributed by atoms with Crippen molar-refractivity contribution < 1.29 is 4.74 Å². The van der Waals surface area contributed by atoms with Crippen molar-refractivity contribution >= 4 is 11.8 Å². The third-order valence-corrected chi connectivity index (χ3v) is 4.90. The minimum Gasteiger partial charge on any atom is -0.493 e. The number of nitrogens with two attached hydrogens (primary N) is 1. The summed E-state index contributed by atoms with van der Waals surface area (Å²) >= 11 is 0. The quantitative estimate of drug-likeness (QED) is 0.876. The minimum atomic E-state index is 0.325. The van der Waals surface area contributed by atoms with E-state index >= 15 is 0 Å². The summed E-state index contributed by atoms with van der Waals surface area (Å²) in [5.41, 5.74) is 10.3. The van der Waals surface area contributed by atoms with Gasteiger partial charge in [-0.1, -0.05) is 11.6 Å². The maximum atomic E-state index is 6.06. The highest BCUT2D eigenvalue weighted by Crippen LogP contribution is 2.38. The zero-order chi connectivity index (χ0) is 16.7. The Bertz CT molecular complexity index is 776. The number of likely N-dealkylation sites (N-methyl/N-ethyl adjacent to an activating group) is 1. The summed E-state index contributed by atoms with van der Waals surface area (Å²) in [6, 6.07) is 6.70. The molecule has 0 spiro atoms. The zero-order valence-electron chi connectivity index (χ0n) is 14.2. The van der Waals surface area contributed by atoms with Gasteiger partial charge in [0.15, 0.2) is 0 Å². The fraction of sp³-hybridized carbons (Fsp3) is 0.444. The van der Waals surface area contributed by atoms with Crippen molar-refractivity contribution in [3.05, 3.63) is 29.3 Å². The van der Waals surface area contributed by atoms with Crippen LogP contribution in [-0.4, -0.2) is 42.8 Å². The number of nitrogen functional groups attached to an aromatic ring is 1. The van der Waals surface area contributed by atoms with E-state index in [1.165, 1.54) is 5.56 Å². The van der Waals surface area contributed by atoms with Crippen LogP contribution in [0.1, 0.15) is 17.5 Å². The maximum absolute atomic E-state index is 6.06. The average molecular weight is 325 g/mol. The van der Waals surface area contributed by atoms with Gasteiger partial charge in [-0.05, 0) is 32.5 Å². The molecule has 1 aromatic carbocycles. The van der Waals surface area contributed by atoms with E-state index in [2.05, 4.69) is 39.2 Å². The van der Waals surface area contributed by atoms with E-state index in [9.17, 15) is 0 Å². The van der Waals surface area contributed by atoms with Crippen LogP contribution < -0.4 is 20.7 Å². The molecule has 24 heavy (non-hydrogen) atoms. The lowest BCUT2D eigenvalue weighted by Gasteiger charge is -2.22. The van der Waals surface area contributed by atoms with Gasteiger partial charge in [-0.3, -0.25) is 0 Å². The number of hydrogen-bond acceptors (Lipinski definition) is 6. The van der Waals surface area contributed by atoms with Gasteiger partial charge in [-0.2, -0.15) is 4.98 Å². The first kappa shape index (κ1) is 15.2. The number of ether oxygens (including phenoxy) is 1. The van der Waals surface area contributed by atoms with Crippen molar-refractivity contribution in [1.82, 2.24) is 15.3 Å². The van der Waals surface area contributed by atoms with Crippen LogP contribution in [0.5, 0.6) is 5.75 Å². The van der Waals surface area contributed by atoms with Crippen LogP contribution >= 0.6 is 0 Å². The number of aromatic nitrogens is 2. The molecular formula is C18H23N5O. The summed E-state index contributed by atoms with van der Waals surface area (Å²) in [5, 5.41) is 3.35. The predicted octanol–water partition coefficient (Wildman–Crippen LogP) is 1.77. The highest BCUT2D eigenvalue weighted by Gasteiger charge is 2.28.